The van der Waals surface area contributed by atoms with Crippen molar-refractivity contribution in [1.29, 1.82) is 0 Å². The Bertz CT molecular complexity index is 593. The first-order valence-corrected chi connectivity index (χ1v) is 8.18. The van der Waals surface area contributed by atoms with E-state index in [0.717, 1.165) is 45.7 Å². The lowest BCUT2D eigenvalue weighted by Gasteiger charge is -2.37. The second-order valence-corrected chi connectivity index (χ2v) is 6.55. The van der Waals surface area contributed by atoms with E-state index in [0.29, 0.717) is 0 Å². The van der Waals surface area contributed by atoms with Crippen LogP contribution in [0.25, 0.3) is 10.1 Å². The molecule has 0 N–H and O–H groups in total. The van der Waals surface area contributed by atoms with Crippen molar-refractivity contribution in [2.75, 3.05) is 26.3 Å². The van der Waals surface area contributed by atoms with Crippen molar-refractivity contribution in [3.8, 4) is 0 Å². The zero-order valence-corrected chi connectivity index (χ0v) is 12.3. The standard InChI is InChI=1S/C16H19NO2S/c1-2-4-15-14(3-1)13(12-20-15)11-17-7-5-16(6-8-17)18-9-10-19-16/h1-4,12H,5-11H2. The molecule has 1 spiro atoms. The first-order valence-electron chi connectivity index (χ1n) is 7.30. The molecule has 0 bridgehead atoms. The smallest absolute Gasteiger partial charge is 0.170 e. The quantitative estimate of drug-likeness (QED) is 0.847. The van der Waals surface area contributed by atoms with Gasteiger partial charge in [0.2, 0.25) is 0 Å². The van der Waals surface area contributed by atoms with Crippen molar-refractivity contribution in [1.82, 2.24) is 4.90 Å². The lowest BCUT2D eigenvalue weighted by molar-refractivity contribution is -0.185. The van der Waals surface area contributed by atoms with E-state index in [2.05, 4.69) is 34.5 Å². The summed E-state index contributed by atoms with van der Waals surface area (Å²) >= 11 is 1.85. The summed E-state index contributed by atoms with van der Waals surface area (Å²) in [6.07, 6.45) is 1.99. The van der Waals surface area contributed by atoms with Crippen molar-refractivity contribution < 1.29 is 9.47 Å². The molecule has 0 radical (unpaired) electrons. The molecule has 0 unspecified atom stereocenters. The van der Waals surface area contributed by atoms with Crippen LogP contribution in [0.2, 0.25) is 0 Å². The number of piperidine rings is 1. The van der Waals surface area contributed by atoms with Crippen LogP contribution < -0.4 is 0 Å². The third-order valence-corrected chi connectivity index (χ3v) is 5.40. The SMILES string of the molecule is c1ccc2c(CN3CCC4(CC3)OCCO4)csc2c1. The first kappa shape index (κ1) is 12.8. The molecular formula is C16H19NO2S. The fourth-order valence-electron chi connectivity index (χ4n) is 3.23. The van der Waals surface area contributed by atoms with Gasteiger partial charge in [0.15, 0.2) is 5.79 Å². The third kappa shape index (κ3) is 2.27. The van der Waals surface area contributed by atoms with Crippen molar-refractivity contribution in [2.45, 2.75) is 25.2 Å². The van der Waals surface area contributed by atoms with Crippen LogP contribution in [0.3, 0.4) is 0 Å². The van der Waals surface area contributed by atoms with Gasteiger partial charge in [-0.25, -0.2) is 0 Å². The number of hydrogen-bond acceptors (Lipinski definition) is 4. The highest BCUT2D eigenvalue weighted by molar-refractivity contribution is 7.17. The average Bonchev–Trinajstić information content (AvgIpc) is 3.10. The highest BCUT2D eigenvalue weighted by Gasteiger charge is 2.39. The zero-order valence-electron chi connectivity index (χ0n) is 11.5. The molecular weight excluding hydrogens is 270 g/mol. The number of ether oxygens (including phenoxy) is 2. The van der Waals surface area contributed by atoms with Crippen molar-refractivity contribution in [2.24, 2.45) is 0 Å². The van der Waals surface area contributed by atoms with Gasteiger partial charge in [-0.3, -0.25) is 4.90 Å². The molecule has 0 aliphatic carbocycles. The number of nitrogens with zero attached hydrogens (tertiary/aromatic N) is 1. The Morgan fingerprint density at radius 1 is 1.10 bits per heavy atom. The molecule has 3 heterocycles. The van der Waals surface area contributed by atoms with Gasteiger partial charge in [-0.05, 0) is 22.4 Å². The van der Waals surface area contributed by atoms with Crippen LogP contribution in [-0.4, -0.2) is 37.0 Å². The first-order chi connectivity index (χ1) is 9.85. The monoisotopic (exact) mass is 289 g/mol. The number of likely N-dealkylation sites (tertiary alicyclic amines) is 1. The summed E-state index contributed by atoms with van der Waals surface area (Å²) in [4.78, 5) is 2.52. The molecule has 2 aromatic rings. The van der Waals surface area contributed by atoms with Crippen LogP contribution in [0.1, 0.15) is 18.4 Å². The highest BCUT2D eigenvalue weighted by Crippen LogP contribution is 2.33. The van der Waals surface area contributed by atoms with Crippen LogP contribution in [0.4, 0.5) is 0 Å². The third-order valence-electron chi connectivity index (χ3n) is 4.39. The van der Waals surface area contributed by atoms with Crippen molar-refractivity contribution in [3.63, 3.8) is 0 Å². The van der Waals surface area contributed by atoms with Crippen LogP contribution in [0, 0.1) is 0 Å². The zero-order chi connectivity index (χ0) is 13.4. The summed E-state index contributed by atoms with van der Waals surface area (Å²) in [6, 6.07) is 8.68. The van der Waals surface area contributed by atoms with Crippen molar-refractivity contribution >= 4 is 21.4 Å². The molecule has 20 heavy (non-hydrogen) atoms. The van der Waals surface area contributed by atoms with E-state index < -0.39 is 0 Å². The number of hydrogen-bond donors (Lipinski definition) is 0. The molecule has 0 saturated carbocycles. The maximum absolute atomic E-state index is 5.79. The largest absolute Gasteiger partial charge is 0.347 e. The van der Waals surface area contributed by atoms with Gasteiger partial charge in [-0.1, -0.05) is 18.2 Å². The summed E-state index contributed by atoms with van der Waals surface area (Å²) in [6.45, 7) is 4.68. The summed E-state index contributed by atoms with van der Waals surface area (Å²) in [5.41, 5.74) is 1.45. The van der Waals surface area contributed by atoms with E-state index in [1.807, 2.05) is 11.3 Å². The fourth-order valence-corrected chi connectivity index (χ4v) is 4.19. The normalized spacial score (nSPS) is 22.8. The van der Waals surface area contributed by atoms with Gasteiger partial charge >= 0.3 is 0 Å². The van der Waals surface area contributed by atoms with E-state index in [4.69, 9.17) is 9.47 Å². The van der Waals surface area contributed by atoms with Gasteiger partial charge in [-0.15, -0.1) is 11.3 Å². The molecule has 2 aliphatic rings. The molecule has 2 saturated heterocycles. The Labute approximate surface area is 123 Å². The molecule has 2 aliphatic heterocycles. The summed E-state index contributed by atoms with van der Waals surface area (Å²) in [7, 11) is 0. The predicted molar refractivity (Wildman–Crippen MR) is 81.0 cm³/mol. The molecule has 2 fully saturated rings. The summed E-state index contributed by atoms with van der Waals surface area (Å²) in [5.74, 6) is -0.257. The lowest BCUT2D eigenvalue weighted by Crippen LogP contribution is -2.44. The topological polar surface area (TPSA) is 21.7 Å². The van der Waals surface area contributed by atoms with E-state index in [1.54, 1.807) is 0 Å². The van der Waals surface area contributed by atoms with Gasteiger partial charge in [0.1, 0.15) is 0 Å². The number of fused-ring (bicyclic) bond motifs is 1. The minimum Gasteiger partial charge on any atom is -0.347 e. The average molecular weight is 289 g/mol. The Kier molecular flexibility index (Phi) is 3.27. The summed E-state index contributed by atoms with van der Waals surface area (Å²) in [5, 5.41) is 3.71. The minimum absolute atomic E-state index is 0.257. The van der Waals surface area contributed by atoms with Crippen LogP contribution in [-0.2, 0) is 16.0 Å². The molecule has 0 atom stereocenters. The Morgan fingerprint density at radius 2 is 1.85 bits per heavy atom. The van der Waals surface area contributed by atoms with Gasteiger partial charge in [0, 0.05) is 37.2 Å². The maximum Gasteiger partial charge on any atom is 0.170 e. The molecule has 106 valence electrons. The van der Waals surface area contributed by atoms with E-state index in [9.17, 15) is 0 Å². The molecule has 1 aromatic heterocycles. The van der Waals surface area contributed by atoms with E-state index in [-0.39, 0.29) is 5.79 Å². The highest BCUT2D eigenvalue weighted by atomic mass is 32.1. The van der Waals surface area contributed by atoms with Crippen LogP contribution in [0.15, 0.2) is 29.6 Å². The minimum atomic E-state index is -0.257. The number of rotatable bonds is 2. The van der Waals surface area contributed by atoms with E-state index in [1.165, 1.54) is 15.6 Å². The number of thiophene rings is 1. The molecule has 3 nitrogen and oxygen atoms in total. The van der Waals surface area contributed by atoms with Crippen LogP contribution in [0.5, 0.6) is 0 Å². The fraction of sp³-hybridized carbons (Fsp3) is 0.500. The van der Waals surface area contributed by atoms with Gasteiger partial charge in [-0.2, -0.15) is 0 Å². The van der Waals surface area contributed by atoms with Gasteiger partial charge in [0.05, 0.1) is 13.2 Å². The second-order valence-electron chi connectivity index (χ2n) is 5.64. The van der Waals surface area contributed by atoms with E-state index >= 15 is 0 Å². The predicted octanol–water partition coefficient (Wildman–Crippen LogP) is 3.24. The van der Waals surface area contributed by atoms with Crippen LogP contribution >= 0.6 is 11.3 Å². The van der Waals surface area contributed by atoms with Crippen molar-refractivity contribution in [3.05, 3.63) is 35.2 Å². The Balaban J connectivity index is 1.45. The Hall–Kier alpha value is -0.940. The lowest BCUT2D eigenvalue weighted by atomic mass is 10.0. The second kappa shape index (κ2) is 5.11. The molecule has 1 aromatic carbocycles. The van der Waals surface area contributed by atoms with Gasteiger partial charge < -0.3 is 9.47 Å². The van der Waals surface area contributed by atoms with Gasteiger partial charge in [0.25, 0.3) is 0 Å². The Morgan fingerprint density at radius 3 is 2.65 bits per heavy atom. The summed E-state index contributed by atoms with van der Waals surface area (Å²) < 4.78 is 13.0. The number of benzene rings is 1. The molecule has 4 rings (SSSR count). The molecule has 4 heteroatoms. The maximum atomic E-state index is 5.79. The molecule has 0 amide bonds.